The molecular weight excluding hydrogens is 250 g/mol. The molecule has 0 atom stereocenters. The molecule has 0 aliphatic rings. The summed E-state index contributed by atoms with van der Waals surface area (Å²) >= 11 is 0. The molecule has 8 nitrogen and oxygen atoms in total. The van der Waals surface area contributed by atoms with Gasteiger partial charge in [0.25, 0.3) is 5.56 Å². The summed E-state index contributed by atoms with van der Waals surface area (Å²) < 4.78 is 1.28. The van der Waals surface area contributed by atoms with Crippen molar-refractivity contribution in [2.45, 2.75) is 13.5 Å². The first kappa shape index (κ1) is 12.9. The standard InChI is InChI=1S/C11H13N5O3/c1-4-16-8-6(5-12-11(14-8)15(2)3)13-7(9(16)17)10(18)19/h5H,4H2,1-3H3,(H,18,19). The zero-order chi connectivity index (χ0) is 14.2. The van der Waals surface area contributed by atoms with Crippen LogP contribution in [0.2, 0.25) is 0 Å². The third kappa shape index (κ3) is 2.12. The zero-order valence-corrected chi connectivity index (χ0v) is 10.8. The van der Waals surface area contributed by atoms with Crippen molar-refractivity contribution in [2.75, 3.05) is 19.0 Å². The molecule has 0 unspecified atom stereocenters. The van der Waals surface area contributed by atoms with Crippen LogP contribution in [0.4, 0.5) is 5.95 Å². The Bertz CT molecular complexity index is 707. The fourth-order valence-electron chi connectivity index (χ4n) is 1.68. The van der Waals surface area contributed by atoms with Crippen molar-refractivity contribution in [1.82, 2.24) is 19.5 Å². The van der Waals surface area contributed by atoms with E-state index in [0.29, 0.717) is 18.1 Å². The van der Waals surface area contributed by atoms with Crippen LogP contribution >= 0.6 is 0 Å². The Balaban J connectivity index is 2.86. The van der Waals surface area contributed by atoms with Gasteiger partial charge in [-0.1, -0.05) is 0 Å². The van der Waals surface area contributed by atoms with Crippen LogP contribution in [0.15, 0.2) is 11.0 Å². The number of anilines is 1. The van der Waals surface area contributed by atoms with Gasteiger partial charge < -0.3 is 10.0 Å². The lowest BCUT2D eigenvalue weighted by atomic mass is 10.4. The Morgan fingerprint density at radius 2 is 2.11 bits per heavy atom. The van der Waals surface area contributed by atoms with Crippen molar-refractivity contribution in [1.29, 1.82) is 0 Å². The minimum atomic E-state index is -1.36. The van der Waals surface area contributed by atoms with E-state index in [1.54, 1.807) is 25.9 Å². The second-order valence-corrected chi connectivity index (χ2v) is 4.09. The highest BCUT2D eigenvalue weighted by Crippen LogP contribution is 2.11. The van der Waals surface area contributed by atoms with E-state index in [2.05, 4.69) is 15.0 Å². The summed E-state index contributed by atoms with van der Waals surface area (Å²) in [7, 11) is 3.54. The van der Waals surface area contributed by atoms with Gasteiger partial charge in [-0.2, -0.15) is 4.98 Å². The molecular formula is C11H13N5O3. The molecule has 0 fully saturated rings. The Labute approximate surface area is 108 Å². The number of aryl methyl sites for hydroxylation is 1. The van der Waals surface area contributed by atoms with Gasteiger partial charge in [0.1, 0.15) is 5.52 Å². The van der Waals surface area contributed by atoms with Gasteiger partial charge in [0.2, 0.25) is 11.6 Å². The Kier molecular flexibility index (Phi) is 3.16. The van der Waals surface area contributed by atoms with Crippen LogP contribution in [0.5, 0.6) is 0 Å². The van der Waals surface area contributed by atoms with Crippen LogP contribution in [-0.2, 0) is 6.54 Å². The number of carboxylic acid groups (broad SMARTS) is 1. The molecule has 0 saturated heterocycles. The number of hydrogen-bond acceptors (Lipinski definition) is 6. The summed E-state index contributed by atoms with van der Waals surface area (Å²) in [6, 6.07) is 0. The monoisotopic (exact) mass is 263 g/mol. The zero-order valence-electron chi connectivity index (χ0n) is 10.8. The van der Waals surface area contributed by atoms with Crippen LogP contribution in [-0.4, -0.2) is 44.7 Å². The molecule has 0 aromatic carbocycles. The molecule has 19 heavy (non-hydrogen) atoms. The smallest absolute Gasteiger partial charge is 0.360 e. The second kappa shape index (κ2) is 4.63. The lowest BCUT2D eigenvalue weighted by Gasteiger charge is -2.12. The Morgan fingerprint density at radius 3 is 2.63 bits per heavy atom. The number of aromatic nitrogens is 4. The topological polar surface area (TPSA) is 101 Å². The molecule has 8 heteroatoms. The Morgan fingerprint density at radius 1 is 1.42 bits per heavy atom. The van der Waals surface area contributed by atoms with Gasteiger partial charge >= 0.3 is 5.97 Å². The number of carboxylic acids is 1. The van der Waals surface area contributed by atoms with E-state index < -0.39 is 17.2 Å². The summed E-state index contributed by atoms with van der Waals surface area (Å²) in [6.45, 7) is 2.05. The fraction of sp³-hybridized carbons (Fsp3) is 0.364. The van der Waals surface area contributed by atoms with Crippen LogP contribution in [0.3, 0.4) is 0 Å². The van der Waals surface area contributed by atoms with Gasteiger partial charge in [0, 0.05) is 20.6 Å². The van der Waals surface area contributed by atoms with Crippen molar-refractivity contribution < 1.29 is 9.90 Å². The molecule has 0 amide bonds. The van der Waals surface area contributed by atoms with Crippen molar-refractivity contribution in [3.05, 3.63) is 22.2 Å². The van der Waals surface area contributed by atoms with Gasteiger partial charge in [-0.25, -0.2) is 14.8 Å². The van der Waals surface area contributed by atoms with Gasteiger partial charge in [-0.15, -0.1) is 0 Å². The van der Waals surface area contributed by atoms with Crippen molar-refractivity contribution >= 4 is 23.1 Å². The first-order chi connectivity index (χ1) is 8.95. The molecule has 2 heterocycles. The molecule has 0 spiro atoms. The first-order valence-corrected chi connectivity index (χ1v) is 5.64. The molecule has 100 valence electrons. The maximum Gasteiger partial charge on any atom is 0.360 e. The molecule has 0 aliphatic heterocycles. The number of rotatable bonds is 3. The fourth-order valence-corrected chi connectivity index (χ4v) is 1.68. The minimum Gasteiger partial charge on any atom is -0.476 e. The van der Waals surface area contributed by atoms with Crippen LogP contribution < -0.4 is 10.5 Å². The van der Waals surface area contributed by atoms with E-state index in [9.17, 15) is 9.59 Å². The average Bonchev–Trinajstić information content (AvgIpc) is 2.37. The molecule has 0 bridgehead atoms. The van der Waals surface area contributed by atoms with Crippen LogP contribution in [0, 0.1) is 0 Å². The highest BCUT2D eigenvalue weighted by Gasteiger charge is 2.17. The highest BCUT2D eigenvalue weighted by molar-refractivity contribution is 5.87. The van der Waals surface area contributed by atoms with E-state index in [1.807, 2.05) is 0 Å². The third-order valence-electron chi connectivity index (χ3n) is 2.59. The van der Waals surface area contributed by atoms with Crippen molar-refractivity contribution in [2.24, 2.45) is 0 Å². The molecule has 0 aliphatic carbocycles. The van der Waals surface area contributed by atoms with E-state index in [4.69, 9.17) is 5.11 Å². The normalized spacial score (nSPS) is 10.7. The SMILES string of the molecule is CCn1c(=O)c(C(=O)O)nc2cnc(N(C)C)nc21. The quantitative estimate of drug-likeness (QED) is 0.829. The average molecular weight is 263 g/mol. The summed E-state index contributed by atoms with van der Waals surface area (Å²) in [5.41, 5.74) is -0.567. The molecule has 2 aromatic rings. The molecule has 2 rings (SSSR count). The van der Waals surface area contributed by atoms with Crippen LogP contribution in [0.1, 0.15) is 17.4 Å². The maximum absolute atomic E-state index is 12.0. The molecule has 2 aromatic heterocycles. The lowest BCUT2D eigenvalue weighted by molar-refractivity contribution is 0.0688. The highest BCUT2D eigenvalue weighted by atomic mass is 16.4. The van der Waals surface area contributed by atoms with E-state index in [0.717, 1.165) is 0 Å². The summed E-state index contributed by atoms with van der Waals surface area (Å²) in [5.74, 6) is -0.926. The molecule has 1 N–H and O–H groups in total. The van der Waals surface area contributed by atoms with Gasteiger partial charge in [0.05, 0.1) is 6.20 Å². The largest absolute Gasteiger partial charge is 0.476 e. The third-order valence-corrected chi connectivity index (χ3v) is 2.59. The number of nitrogens with zero attached hydrogens (tertiary/aromatic N) is 5. The first-order valence-electron chi connectivity index (χ1n) is 5.64. The summed E-state index contributed by atoms with van der Waals surface area (Å²) in [5, 5.41) is 8.96. The van der Waals surface area contributed by atoms with Gasteiger partial charge in [-0.3, -0.25) is 9.36 Å². The predicted octanol–water partition coefficient (Wildman–Crippen LogP) is -0.0294. The van der Waals surface area contributed by atoms with E-state index in [1.165, 1.54) is 10.8 Å². The molecule has 0 radical (unpaired) electrons. The Hall–Kier alpha value is -2.51. The summed E-state index contributed by atoms with van der Waals surface area (Å²) in [6.07, 6.45) is 1.41. The number of fused-ring (bicyclic) bond motifs is 1. The minimum absolute atomic E-state index is 0.282. The van der Waals surface area contributed by atoms with E-state index in [-0.39, 0.29) is 5.52 Å². The van der Waals surface area contributed by atoms with Crippen molar-refractivity contribution in [3.8, 4) is 0 Å². The lowest BCUT2D eigenvalue weighted by Crippen LogP contribution is -2.29. The predicted molar refractivity (Wildman–Crippen MR) is 68.6 cm³/mol. The number of carbonyl (C=O) groups is 1. The molecule has 0 saturated carbocycles. The summed E-state index contributed by atoms with van der Waals surface area (Å²) in [4.78, 5) is 36.7. The number of hydrogen-bond donors (Lipinski definition) is 1. The second-order valence-electron chi connectivity index (χ2n) is 4.09. The number of aromatic carboxylic acids is 1. The van der Waals surface area contributed by atoms with Crippen LogP contribution in [0.25, 0.3) is 11.2 Å². The van der Waals surface area contributed by atoms with Gasteiger partial charge in [-0.05, 0) is 6.92 Å². The maximum atomic E-state index is 12.0. The van der Waals surface area contributed by atoms with Crippen molar-refractivity contribution in [3.63, 3.8) is 0 Å². The van der Waals surface area contributed by atoms with E-state index >= 15 is 0 Å². The van der Waals surface area contributed by atoms with Gasteiger partial charge in [0.15, 0.2) is 5.65 Å².